The average molecular weight is 284 g/mol. The Kier molecular flexibility index (Phi) is 4.43. The molecule has 1 saturated carbocycles. The van der Waals surface area contributed by atoms with E-state index in [2.05, 4.69) is 22.3 Å². The predicted molar refractivity (Wildman–Crippen MR) is 78.8 cm³/mol. The van der Waals surface area contributed by atoms with Crippen LogP contribution in [-0.2, 0) is 24.1 Å². The van der Waals surface area contributed by atoms with Gasteiger partial charge in [0.15, 0.2) is 5.82 Å². The Morgan fingerprint density at radius 3 is 2.67 bits per heavy atom. The fourth-order valence-corrected chi connectivity index (χ4v) is 2.91. The Balaban J connectivity index is 1.52. The summed E-state index contributed by atoms with van der Waals surface area (Å²) in [4.78, 5) is 16.4. The molecule has 110 valence electrons. The molecule has 1 aliphatic carbocycles. The van der Waals surface area contributed by atoms with E-state index in [4.69, 9.17) is 4.52 Å². The van der Waals surface area contributed by atoms with Crippen molar-refractivity contribution in [2.45, 2.75) is 44.9 Å². The number of carbonyl (C=O) groups is 1. The maximum atomic E-state index is 12.1. The molecule has 1 fully saturated rings. The van der Waals surface area contributed by atoms with Gasteiger partial charge in [-0.2, -0.15) is 4.98 Å². The predicted octanol–water partition coefficient (Wildman–Crippen LogP) is 3.16. The van der Waals surface area contributed by atoms with Crippen molar-refractivity contribution in [3.8, 4) is 0 Å². The van der Waals surface area contributed by atoms with Crippen molar-refractivity contribution in [2.75, 3.05) is 0 Å². The molecule has 0 atom stereocenters. The lowest BCUT2D eigenvalue weighted by Crippen LogP contribution is -2.13. The first-order valence-electron chi connectivity index (χ1n) is 7.69. The Morgan fingerprint density at radius 2 is 1.90 bits per heavy atom. The zero-order chi connectivity index (χ0) is 14.5. The fourth-order valence-electron chi connectivity index (χ4n) is 2.91. The van der Waals surface area contributed by atoms with Gasteiger partial charge in [-0.3, -0.25) is 4.79 Å². The van der Waals surface area contributed by atoms with Gasteiger partial charge >= 0.3 is 0 Å². The number of aryl methyl sites for hydroxylation is 2. The molecule has 1 aromatic carbocycles. The highest BCUT2D eigenvalue weighted by molar-refractivity contribution is 5.82. The summed E-state index contributed by atoms with van der Waals surface area (Å²) in [5, 5.41) is 3.97. The molecule has 1 aromatic heterocycles. The van der Waals surface area contributed by atoms with E-state index in [1.165, 1.54) is 18.4 Å². The van der Waals surface area contributed by atoms with Crippen LogP contribution in [0.3, 0.4) is 0 Å². The third-order valence-electron chi connectivity index (χ3n) is 4.13. The molecule has 4 heteroatoms. The smallest absolute Gasteiger partial charge is 0.234 e. The summed E-state index contributed by atoms with van der Waals surface area (Å²) in [6.45, 7) is 0. The van der Waals surface area contributed by atoms with Crippen molar-refractivity contribution in [1.29, 1.82) is 0 Å². The van der Waals surface area contributed by atoms with Gasteiger partial charge in [-0.1, -0.05) is 48.3 Å². The molecular formula is C17H20N2O2. The maximum Gasteiger partial charge on any atom is 0.234 e. The van der Waals surface area contributed by atoms with Gasteiger partial charge in [0.1, 0.15) is 5.78 Å². The molecule has 0 amide bonds. The van der Waals surface area contributed by atoms with E-state index in [1.54, 1.807) is 0 Å². The molecule has 4 nitrogen and oxygen atoms in total. The quantitative estimate of drug-likeness (QED) is 0.817. The molecular weight excluding hydrogens is 264 g/mol. The molecule has 0 N–H and O–H groups in total. The maximum absolute atomic E-state index is 12.1. The number of hydrogen-bond acceptors (Lipinski definition) is 4. The molecule has 0 spiro atoms. The van der Waals surface area contributed by atoms with Crippen molar-refractivity contribution < 1.29 is 9.32 Å². The fraction of sp³-hybridized carbons (Fsp3) is 0.471. The van der Waals surface area contributed by atoms with E-state index in [0.717, 1.165) is 25.7 Å². The van der Waals surface area contributed by atoms with Gasteiger partial charge < -0.3 is 4.52 Å². The Hall–Kier alpha value is -1.97. The molecule has 3 rings (SSSR count). The summed E-state index contributed by atoms with van der Waals surface area (Å²) in [6, 6.07) is 10.2. The van der Waals surface area contributed by atoms with Gasteiger partial charge in [0.25, 0.3) is 0 Å². The van der Waals surface area contributed by atoms with Gasteiger partial charge in [-0.15, -0.1) is 0 Å². The molecule has 21 heavy (non-hydrogen) atoms. The summed E-state index contributed by atoms with van der Waals surface area (Å²) in [6.07, 6.45) is 6.30. The first kappa shape index (κ1) is 14.0. The zero-order valence-electron chi connectivity index (χ0n) is 12.1. The first-order valence-corrected chi connectivity index (χ1v) is 7.69. The molecule has 1 aliphatic rings. The van der Waals surface area contributed by atoms with Crippen LogP contribution < -0.4 is 0 Å². The molecule has 2 aromatic rings. The van der Waals surface area contributed by atoms with Crippen LogP contribution in [0, 0.1) is 5.92 Å². The highest BCUT2D eigenvalue weighted by atomic mass is 16.5. The van der Waals surface area contributed by atoms with E-state index in [-0.39, 0.29) is 11.7 Å². The number of nitrogens with zero attached hydrogens (tertiary/aromatic N) is 2. The molecule has 1 heterocycles. The number of rotatable bonds is 6. The standard InChI is InChI=1S/C17H20N2O2/c20-15(14-8-4-5-9-14)12-17-18-16(19-21-17)11-10-13-6-2-1-3-7-13/h1-3,6-7,14H,4-5,8-12H2. The topological polar surface area (TPSA) is 56.0 Å². The SMILES string of the molecule is O=C(Cc1nc(CCc2ccccc2)no1)C1CCCC1. The van der Waals surface area contributed by atoms with E-state index in [9.17, 15) is 4.79 Å². The number of ketones is 1. The lowest BCUT2D eigenvalue weighted by Gasteiger charge is -2.04. The Morgan fingerprint density at radius 1 is 1.14 bits per heavy atom. The second-order valence-electron chi connectivity index (χ2n) is 5.71. The van der Waals surface area contributed by atoms with Gasteiger partial charge in [0, 0.05) is 12.3 Å². The van der Waals surface area contributed by atoms with Crippen LogP contribution in [-0.4, -0.2) is 15.9 Å². The summed E-state index contributed by atoms with van der Waals surface area (Å²) in [5.74, 6) is 1.62. The number of aromatic nitrogens is 2. The van der Waals surface area contributed by atoms with Crippen molar-refractivity contribution >= 4 is 5.78 Å². The van der Waals surface area contributed by atoms with E-state index in [1.807, 2.05) is 18.2 Å². The summed E-state index contributed by atoms with van der Waals surface area (Å²) in [7, 11) is 0. The van der Waals surface area contributed by atoms with E-state index >= 15 is 0 Å². The minimum absolute atomic E-state index is 0.213. The van der Waals surface area contributed by atoms with Crippen LogP contribution in [0.1, 0.15) is 43.0 Å². The van der Waals surface area contributed by atoms with Crippen LogP contribution >= 0.6 is 0 Å². The summed E-state index contributed by atoms with van der Waals surface area (Å²) in [5.41, 5.74) is 1.26. The molecule has 0 radical (unpaired) electrons. The molecule has 0 aliphatic heterocycles. The second-order valence-corrected chi connectivity index (χ2v) is 5.71. The van der Waals surface area contributed by atoms with Gasteiger partial charge in [0.05, 0.1) is 6.42 Å². The van der Waals surface area contributed by atoms with Crippen LogP contribution in [0.15, 0.2) is 34.9 Å². The number of carbonyl (C=O) groups excluding carboxylic acids is 1. The van der Waals surface area contributed by atoms with Crippen LogP contribution in [0.2, 0.25) is 0 Å². The minimum Gasteiger partial charge on any atom is -0.339 e. The van der Waals surface area contributed by atoms with Gasteiger partial charge in [-0.05, 0) is 24.8 Å². The highest BCUT2D eigenvalue weighted by Gasteiger charge is 2.24. The lowest BCUT2D eigenvalue weighted by atomic mass is 10.0. The Bertz CT molecular complexity index is 586. The normalized spacial score (nSPS) is 15.4. The van der Waals surface area contributed by atoms with Gasteiger partial charge in [-0.25, -0.2) is 0 Å². The molecule has 0 bridgehead atoms. The molecule has 0 saturated heterocycles. The number of benzene rings is 1. The van der Waals surface area contributed by atoms with E-state index in [0.29, 0.717) is 18.1 Å². The first-order chi connectivity index (χ1) is 10.3. The van der Waals surface area contributed by atoms with Crippen molar-refractivity contribution in [3.05, 3.63) is 47.6 Å². The van der Waals surface area contributed by atoms with Crippen LogP contribution in [0.4, 0.5) is 0 Å². The number of hydrogen-bond donors (Lipinski definition) is 0. The number of Topliss-reactive ketones (excluding diaryl/α,β-unsaturated/α-hetero) is 1. The largest absolute Gasteiger partial charge is 0.339 e. The van der Waals surface area contributed by atoms with Gasteiger partial charge in [0.2, 0.25) is 5.89 Å². The minimum atomic E-state index is 0.213. The second kappa shape index (κ2) is 6.66. The monoisotopic (exact) mass is 284 g/mol. The molecule has 0 unspecified atom stereocenters. The summed E-state index contributed by atoms with van der Waals surface area (Å²) < 4.78 is 5.20. The van der Waals surface area contributed by atoms with Crippen molar-refractivity contribution in [2.24, 2.45) is 5.92 Å². The Labute approximate surface area is 124 Å². The third-order valence-corrected chi connectivity index (χ3v) is 4.13. The third kappa shape index (κ3) is 3.78. The van der Waals surface area contributed by atoms with E-state index < -0.39 is 0 Å². The van der Waals surface area contributed by atoms with Crippen molar-refractivity contribution in [1.82, 2.24) is 10.1 Å². The van der Waals surface area contributed by atoms with Crippen molar-refractivity contribution in [3.63, 3.8) is 0 Å². The average Bonchev–Trinajstić information content (AvgIpc) is 3.18. The highest BCUT2D eigenvalue weighted by Crippen LogP contribution is 2.26. The zero-order valence-corrected chi connectivity index (χ0v) is 12.1. The van der Waals surface area contributed by atoms with Crippen LogP contribution in [0.5, 0.6) is 0 Å². The summed E-state index contributed by atoms with van der Waals surface area (Å²) >= 11 is 0. The van der Waals surface area contributed by atoms with Crippen LogP contribution in [0.25, 0.3) is 0 Å². The lowest BCUT2D eigenvalue weighted by molar-refractivity contribution is -0.122.